The molecule has 3 heterocycles. The summed E-state index contributed by atoms with van der Waals surface area (Å²) < 4.78 is 4.78. The van der Waals surface area contributed by atoms with Crippen LogP contribution < -0.4 is 5.32 Å². The molecule has 1 aliphatic rings. The molecule has 2 aromatic heterocycles. The molecule has 1 aliphatic heterocycles. The zero-order chi connectivity index (χ0) is 20.4. The number of aryl methyl sites for hydroxylation is 1. The normalized spacial score (nSPS) is 15.5. The zero-order valence-electron chi connectivity index (χ0n) is 16.2. The first-order valence-electron chi connectivity index (χ1n) is 9.27. The predicted molar refractivity (Wildman–Crippen MR) is 107 cm³/mol. The molecule has 8 nitrogen and oxygen atoms in total. The van der Waals surface area contributed by atoms with Crippen LogP contribution in [0.1, 0.15) is 38.9 Å². The molecule has 8 heteroatoms. The summed E-state index contributed by atoms with van der Waals surface area (Å²) >= 11 is 0. The van der Waals surface area contributed by atoms with Crippen molar-refractivity contribution >= 4 is 17.7 Å². The predicted octanol–water partition coefficient (Wildman–Crippen LogP) is 3.08. The van der Waals surface area contributed by atoms with Crippen molar-refractivity contribution in [2.75, 3.05) is 19.0 Å². The van der Waals surface area contributed by atoms with Gasteiger partial charge in [0.1, 0.15) is 6.04 Å². The monoisotopic (exact) mass is 391 g/mol. The minimum Gasteiger partial charge on any atom is -0.465 e. The third kappa shape index (κ3) is 3.56. The molecule has 1 aromatic carbocycles. The summed E-state index contributed by atoms with van der Waals surface area (Å²) in [5.41, 5.74) is 4.59. The molecular formula is C21H21N5O3. The molecule has 0 aliphatic carbocycles. The van der Waals surface area contributed by atoms with E-state index in [1.165, 1.54) is 7.11 Å². The minimum absolute atomic E-state index is 0.259. The Kier molecular flexibility index (Phi) is 4.99. The number of esters is 1. The number of methoxy groups -OCH3 is 1. The van der Waals surface area contributed by atoms with Crippen molar-refractivity contribution in [3.63, 3.8) is 0 Å². The van der Waals surface area contributed by atoms with E-state index in [0.29, 0.717) is 24.2 Å². The fourth-order valence-corrected chi connectivity index (χ4v) is 3.57. The van der Waals surface area contributed by atoms with Crippen LogP contribution in [-0.2, 0) is 11.2 Å². The lowest BCUT2D eigenvalue weighted by atomic mass is 9.97. The molecule has 3 aromatic rings. The van der Waals surface area contributed by atoms with Gasteiger partial charge in [-0.25, -0.2) is 14.6 Å². The van der Waals surface area contributed by atoms with E-state index in [1.807, 2.05) is 19.1 Å². The highest BCUT2D eigenvalue weighted by Gasteiger charge is 2.34. The van der Waals surface area contributed by atoms with Crippen LogP contribution in [0, 0.1) is 6.92 Å². The Bertz CT molecular complexity index is 1050. The largest absolute Gasteiger partial charge is 0.465 e. The number of benzene rings is 1. The molecule has 0 radical (unpaired) electrons. The number of amides is 2. The Morgan fingerprint density at radius 3 is 2.79 bits per heavy atom. The van der Waals surface area contributed by atoms with Gasteiger partial charge in [-0.3, -0.25) is 4.98 Å². The smallest absolute Gasteiger partial charge is 0.337 e. The van der Waals surface area contributed by atoms with Gasteiger partial charge in [0.2, 0.25) is 0 Å². The van der Waals surface area contributed by atoms with Gasteiger partial charge in [-0.15, -0.1) is 0 Å². The molecule has 2 amide bonds. The number of pyridine rings is 1. The summed E-state index contributed by atoms with van der Waals surface area (Å²) in [7, 11) is 1.33. The molecule has 29 heavy (non-hydrogen) atoms. The van der Waals surface area contributed by atoms with E-state index in [4.69, 9.17) is 4.74 Å². The lowest BCUT2D eigenvalue weighted by Gasteiger charge is -2.35. The van der Waals surface area contributed by atoms with E-state index in [-0.39, 0.29) is 12.1 Å². The summed E-state index contributed by atoms with van der Waals surface area (Å²) in [4.78, 5) is 38.5. The number of nitrogens with one attached hydrogen (secondary N) is 2. The van der Waals surface area contributed by atoms with Crippen LogP contribution in [0.2, 0.25) is 0 Å². The molecule has 0 saturated heterocycles. The van der Waals surface area contributed by atoms with Gasteiger partial charge in [-0.2, -0.15) is 0 Å². The van der Waals surface area contributed by atoms with Gasteiger partial charge >= 0.3 is 12.0 Å². The van der Waals surface area contributed by atoms with Gasteiger partial charge in [0.25, 0.3) is 0 Å². The number of urea groups is 1. The second kappa shape index (κ2) is 7.75. The van der Waals surface area contributed by atoms with Crippen LogP contribution in [0.5, 0.6) is 0 Å². The Balaban J connectivity index is 1.65. The van der Waals surface area contributed by atoms with E-state index >= 15 is 0 Å². The van der Waals surface area contributed by atoms with Gasteiger partial charge in [-0.05, 0) is 42.3 Å². The van der Waals surface area contributed by atoms with Crippen molar-refractivity contribution in [2.24, 2.45) is 0 Å². The number of rotatable bonds is 3. The van der Waals surface area contributed by atoms with E-state index in [1.54, 1.807) is 41.8 Å². The molecule has 0 saturated carbocycles. The number of anilines is 1. The van der Waals surface area contributed by atoms with Crippen LogP contribution in [0.3, 0.4) is 0 Å². The zero-order valence-corrected chi connectivity index (χ0v) is 16.2. The highest BCUT2D eigenvalue weighted by Crippen LogP contribution is 2.33. The number of hydrogen-bond acceptors (Lipinski definition) is 5. The van der Waals surface area contributed by atoms with Crippen molar-refractivity contribution in [2.45, 2.75) is 19.4 Å². The van der Waals surface area contributed by atoms with Crippen molar-refractivity contribution < 1.29 is 14.3 Å². The summed E-state index contributed by atoms with van der Waals surface area (Å²) in [6, 6.07) is 8.28. The van der Waals surface area contributed by atoms with Gasteiger partial charge < -0.3 is 19.9 Å². The molecular weight excluding hydrogens is 370 g/mol. The number of hydrogen-bond donors (Lipinski definition) is 2. The van der Waals surface area contributed by atoms with Crippen molar-refractivity contribution in [1.82, 2.24) is 19.9 Å². The lowest BCUT2D eigenvalue weighted by Crippen LogP contribution is -2.43. The molecule has 0 bridgehead atoms. The number of fused-ring (bicyclic) bond motifs is 1. The Hall–Kier alpha value is -3.68. The number of aromatic nitrogens is 3. The number of H-pyrrole nitrogens is 1. The first kappa shape index (κ1) is 18.7. The SMILES string of the molecule is COC(=O)c1ccc(C)c(NC(=O)N2CCc3[nH]cnc3[C@H]2c2ccncc2)c1. The molecule has 1 atom stereocenters. The summed E-state index contributed by atoms with van der Waals surface area (Å²) in [6.45, 7) is 2.41. The van der Waals surface area contributed by atoms with Crippen LogP contribution in [0.4, 0.5) is 10.5 Å². The van der Waals surface area contributed by atoms with Gasteiger partial charge in [0.15, 0.2) is 0 Å². The maximum absolute atomic E-state index is 13.2. The first-order chi connectivity index (χ1) is 14.1. The van der Waals surface area contributed by atoms with Crippen LogP contribution in [-0.4, -0.2) is 45.5 Å². The van der Waals surface area contributed by atoms with Gasteiger partial charge in [0.05, 0.1) is 24.7 Å². The van der Waals surface area contributed by atoms with Crippen molar-refractivity contribution in [3.8, 4) is 0 Å². The fourth-order valence-electron chi connectivity index (χ4n) is 3.57. The summed E-state index contributed by atoms with van der Waals surface area (Å²) in [5, 5.41) is 2.95. The summed E-state index contributed by atoms with van der Waals surface area (Å²) in [5.74, 6) is -0.450. The van der Waals surface area contributed by atoms with Crippen LogP contribution in [0.15, 0.2) is 49.1 Å². The van der Waals surface area contributed by atoms with Crippen LogP contribution in [0.25, 0.3) is 0 Å². The Morgan fingerprint density at radius 2 is 2.03 bits per heavy atom. The maximum Gasteiger partial charge on any atom is 0.337 e. The molecule has 0 fully saturated rings. The molecule has 0 unspecified atom stereocenters. The van der Waals surface area contributed by atoms with E-state index in [0.717, 1.165) is 22.5 Å². The number of carbonyl (C=O) groups is 2. The Morgan fingerprint density at radius 1 is 1.24 bits per heavy atom. The van der Waals surface area contributed by atoms with Crippen molar-refractivity contribution in [3.05, 3.63) is 77.1 Å². The molecule has 0 spiro atoms. The second-order valence-corrected chi connectivity index (χ2v) is 6.84. The van der Waals surface area contributed by atoms with Gasteiger partial charge in [-0.1, -0.05) is 6.07 Å². The van der Waals surface area contributed by atoms with E-state index in [2.05, 4.69) is 20.3 Å². The number of nitrogens with zero attached hydrogens (tertiary/aromatic N) is 3. The second-order valence-electron chi connectivity index (χ2n) is 6.84. The average molecular weight is 391 g/mol. The quantitative estimate of drug-likeness (QED) is 0.669. The maximum atomic E-state index is 13.2. The highest BCUT2D eigenvalue weighted by molar-refractivity contribution is 5.95. The number of carbonyl (C=O) groups excluding carboxylic acids is 2. The van der Waals surface area contributed by atoms with E-state index < -0.39 is 5.97 Å². The van der Waals surface area contributed by atoms with Crippen molar-refractivity contribution in [1.29, 1.82) is 0 Å². The number of ether oxygens (including phenoxy) is 1. The third-order valence-electron chi connectivity index (χ3n) is 5.11. The minimum atomic E-state index is -0.450. The van der Waals surface area contributed by atoms with E-state index in [9.17, 15) is 9.59 Å². The summed E-state index contributed by atoms with van der Waals surface area (Å²) in [6.07, 6.45) is 5.75. The fraction of sp³-hybridized carbons (Fsp3) is 0.238. The topological polar surface area (TPSA) is 100 Å². The highest BCUT2D eigenvalue weighted by atomic mass is 16.5. The molecule has 2 N–H and O–H groups in total. The number of aromatic amines is 1. The molecule has 4 rings (SSSR count). The molecule has 148 valence electrons. The Labute approximate surface area is 167 Å². The van der Waals surface area contributed by atoms with Gasteiger partial charge in [0, 0.05) is 36.7 Å². The van der Waals surface area contributed by atoms with Crippen LogP contribution >= 0.6 is 0 Å². The third-order valence-corrected chi connectivity index (χ3v) is 5.11. The lowest BCUT2D eigenvalue weighted by molar-refractivity contribution is 0.0600. The standard InChI is InChI=1S/C21H21N5O3/c1-13-3-4-15(20(27)29-2)11-17(13)25-21(28)26-10-7-16-18(24-12-23-16)19(26)14-5-8-22-9-6-14/h3-6,8-9,11-12,19H,7,10H2,1-2H3,(H,23,24)(H,25,28)/t19-/m1/s1. The number of imidazole rings is 1. The first-order valence-corrected chi connectivity index (χ1v) is 9.27. The average Bonchev–Trinajstić information content (AvgIpc) is 3.23.